The maximum atomic E-state index is 12.6. The van der Waals surface area contributed by atoms with E-state index in [0.717, 1.165) is 42.6 Å². The summed E-state index contributed by atoms with van der Waals surface area (Å²) in [5.41, 5.74) is 2.84. The van der Waals surface area contributed by atoms with Crippen molar-refractivity contribution in [3.05, 3.63) is 119 Å². The van der Waals surface area contributed by atoms with Gasteiger partial charge >= 0.3 is 5.97 Å². The van der Waals surface area contributed by atoms with E-state index in [0.29, 0.717) is 17.1 Å². The molecule has 0 atom stereocenters. The van der Waals surface area contributed by atoms with Crippen molar-refractivity contribution in [3.63, 3.8) is 0 Å². The van der Waals surface area contributed by atoms with E-state index in [1.165, 1.54) is 6.07 Å². The highest BCUT2D eigenvalue weighted by atomic mass is 16.5. The number of hydrogen-bond donors (Lipinski definition) is 3. The van der Waals surface area contributed by atoms with Crippen LogP contribution >= 0.6 is 0 Å². The molecule has 0 radical (unpaired) electrons. The third-order valence-corrected chi connectivity index (χ3v) is 7.37. The molecule has 0 aromatic heterocycles. The molecular weight excluding hydrogens is 544 g/mol. The molecule has 220 valence electrons. The molecule has 4 aromatic rings. The van der Waals surface area contributed by atoms with Crippen LogP contribution in [0.15, 0.2) is 97.1 Å². The molecule has 3 N–H and O–H groups in total. The second-order valence-electron chi connectivity index (χ2n) is 10.7. The Morgan fingerprint density at radius 2 is 1.44 bits per heavy atom. The quantitative estimate of drug-likeness (QED) is 0.191. The van der Waals surface area contributed by atoms with Crippen LogP contribution < -0.4 is 20.1 Å². The molecule has 5 rings (SSSR count). The topological polar surface area (TPSA) is 114 Å². The minimum Gasteiger partial charge on any atom is -0.490 e. The van der Waals surface area contributed by atoms with E-state index >= 15 is 0 Å². The van der Waals surface area contributed by atoms with Crippen LogP contribution in [0.3, 0.4) is 0 Å². The molecule has 0 unspecified atom stereocenters. The van der Waals surface area contributed by atoms with Crippen molar-refractivity contribution in [2.45, 2.75) is 51.2 Å². The summed E-state index contributed by atoms with van der Waals surface area (Å²) in [6, 6.07) is 28.7. The van der Waals surface area contributed by atoms with E-state index in [2.05, 4.69) is 10.6 Å². The van der Waals surface area contributed by atoms with Gasteiger partial charge in [0.1, 0.15) is 17.2 Å². The van der Waals surface area contributed by atoms with Crippen molar-refractivity contribution >= 4 is 23.5 Å². The number of carbonyl (C=O) groups is 3. The highest BCUT2D eigenvalue weighted by Gasteiger charge is 2.24. The molecular formula is C35H34N2O6. The van der Waals surface area contributed by atoms with Gasteiger partial charge in [-0.1, -0.05) is 42.0 Å². The lowest BCUT2D eigenvalue weighted by Gasteiger charge is -2.29. The molecule has 4 aromatic carbocycles. The number of rotatable bonds is 10. The number of carboxylic acid groups (broad SMARTS) is 1. The van der Waals surface area contributed by atoms with Gasteiger partial charge in [-0.25, -0.2) is 4.79 Å². The van der Waals surface area contributed by atoms with Crippen molar-refractivity contribution < 1.29 is 29.0 Å². The van der Waals surface area contributed by atoms with Gasteiger partial charge in [0.15, 0.2) is 0 Å². The zero-order valence-electron chi connectivity index (χ0n) is 23.9. The standard InChI is InChI=1S/C35H34N2O6/c1-23-5-4-6-25(21-23)34(39)36-26-11-15-28(16-12-26)43-30-19-17-29(18-20-30)42-27-13-9-24(10-14-27)22-33(38)37-32-8-3-2-7-31(32)35(40)41/h2-10,13-14,17-21,26,28H,11-12,15-16,22H2,1H3,(H,36,39)(H,37,38)(H,40,41). The second-order valence-corrected chi connectivity index (χ2v) is 10.7. The zero-order valence-corrected chi connectivity index (χ0v) is 23.9. The fraction of sp³-hybridized carbons (Fsp3) is 0.229. The van der Waals surface area contributed by atoms with Crippen LogP contribution in [0.1, 0.15) is 57.5 Å². The number of nitrogens with one attached hydrogen (secondary N) is 2. The van der Waals surface area contributed by atoms with Gasteiger partial charge < -0.3 is 25.2 Å². The normalized spacial score (nSPS) is 16.1. The smallest absolute Gasteiger partial charge is 0.337 e. The monoisotopic (exact) mass is 578 g/mol. The van der Waals surface area contributed by atoms with Crippen molar-refractivity contribution in [1.29, 1.82) is 0 Å². The number of aromatic carboxylic acids is 1. The van der Waals surface area contributed by atoms with Crippen molar-refractivity contribution in [3.8, 4) is 17.2 Å². The number of benzene rings is 4. The van der Waals surface area contributed by atoms with Gasteiger partial charge in [-0.15, -0.1) is 0 Å². The van der Waals surface area contributed by atoms with Crippen LogP contribution in [-0.2, 0) is 11.2 Å². The molecule has 2 amide bonds. The molecule has 0 aliphatic heterocycles. The summed E-state index contributed by atoms with van der Waals surface area (Å²) in [5, 5.41) is 15.1. The highest BCUT2D eigenvalue weighted by molar-refractivity contribution is 6.01. The summed E-state index contributed by atoms with van der Waals surface area (Å²) in [6.45, 7) is 1.98. The third-order valence-electron chi connectivity index (χ3n) is 7.37. The largest absolute Gasteiger partial charge is 0.490 e. The SMILES string of the molecule is Cc1cccc(C(=O)NC2CCC(Oc3ccc(Oc4ccc(CC(=O)Nc5ccccc5C(=O)O)cc4)cc3)CC2)c1. The Morgan fingerprint density at radius 3 is 2.12 bits per heavy atom. The summed E-state index contributed by atoms with van der Waals surface area (Å²) >= 11 is 0. The van der Waals surface area contributed by atoms with Crippen LogP contribution in [0, 0.1) is 6.92 Å². The number of amides is 2. The lowest BCUT2D eigenvalue weighted by molar-refractivity contribution is -0.115. The van der Waals surface area contributed by atoms with Gasteiger partial charge in [0.2, 0.25) is 5.91 Å². The lowest BCUT2D eigenvalue weighted by Crippen LogP contribution is -2.39. The fourth-order valence-electron chi connectivity index (χ4n) is 5.13. The molecule has 8 heteroatoms. The molecule has 0 saturated heterocycles. The molecule has 1 aliphatic rings. The molecule has 0 spiro atoms. The predicted molar refractivity (Wildman–Crippen MR) is 164 cm³/mol. The first-order valence-corrected chi connectivity index (χ1v) is 14.4. The van der Waals surface area contributed by atoms with Gasteiger partial charge in [0.25, 0.3) is 5.91 Å². The molecule has 0 bridgehead atoms. The van der Waals surface area contributed by atoms with E-state index in [4.69, 9.17) is 9.47 Å². The first kappa shape index (κ1) is 29.4. The van der Waals surface area contributed by atoms with E-state index in [1.54, 1.807) is 42.5 Å². The van der Waals surface area contributed by atoms with Gasteiger partial charge in [-0.05, 0) is 98.8 Å². The molecule has 1 saturated carbocycles. The van der Waals surface area contributed by atoms with Crippen molar-refractivity contribution in [1.82, 2.24) is 5.32 Å². The van der Waals surface area contributed by atoms with Gasteiger partial charge in [-0.2, -0.15) is 0 Å². The maximum absolute atomic E-state index is 12.6. The Kier molecular flexibility index (Phi) is 9.36. The van der Waals surface area contributed by atoms with E-state index < -0.39 is 5.97 Å². The van der Waals surface area contributed by atoms with E-state index in [-0.39, 0.29) is 41.6 Å². The van der Waals surface area contributed by atoms with Crippen LogP contribution in [-0.4, -0.2) is 35.0 Å². The Bertz CT molecular complexity index is 1570. The van der Waals surface area contributed by atoms with Crippen LogP contribution in [0.2, 0.25) is 0 Å². The summed E-state index contributed by atoms with van der Waals surface area (Å²) in [5.74, 6) is 0.623. The average Bonchev–Trinajstić information content (AvgIpc) is 3.00. The lowest BCUT2D eigenvalue weighted by atomic mass is 9.92. The Hall–Kier alpha value is -5.11. The van der Waals surface area contributed by atoms with Gasteiger partial charge in [-0.3, -0.25) is 9.59 Å². The van der Waals surface area contributed by atoms with Gasteiger partial charge in [0.05, 0.1) is 23.8 Å². The second kappa shape index (κ2) is 13.7. The highest BCUT2D eigenvalue weighted by Crippen LogP contribution is 2.28. The molecule has 1 fully saturated rings. The number of ether oxygens (including phenoxy) is 2. The molecule has 8 nitrogen and oxygen atoms in total. The first-order valence-electron chi connectivity index (χ1n) is 14.4. The summed E-state index contributed by atoms with van der Waals surface area (Å²) in [6.07, 6.45) is 3.68. The Morgan fingerprint density at radius 1 is 0.791 bits per heavy atom. The third kappa shape index (κ3) is 8.23. The Labute approximate surface area is 250 Å². The van der Waals surface area contributed by atoms with Gasteiger partial charge in [0, 0.05) is 11.6 Å². The number of carboxylic acids is 1. The minimum absolute atomic E-state index is 0.0251. The van der Waals surface area contributed by atoms with Crippen molar-refractivity contribution in [2.75, 3.05) is 5.32 Å². The summed E-state index contributed by atoms with van der Waals surface area (Å²) in [4.78, 5) is 36.4. The number of anilines is 1. The number of hydrogen-bond acceptors (Lipinski definition) is 5. The number of para-hydroxylation sites is 1. The van der Waals surface area contributed by atoms with Crippen LogP contribution in [0.25, 0.3) is 0 Å². The van der Waals surface area contributed by atoms with Crippen LogP contribution in [0.5, 0.6) is 17.2 Å². The Balaban J connectivity index is 1.06. The van der Waals surface area contributed by atoms with E-state index in [9.17, 15) is 19.5 Å². The minimum atomic E-state index is -1.10. The predicted octanol–water partition coefficient (Wildman–Crippen LogP) is 6.79. The molecule has 43 heavy (non-hydrogen) atoms. The van der Waals surface area contributed by atoms with Crippen LogP contribution in [0.4, 0.5) is 5.69 Å². The first-order chi connectivity index (χ1) is 20.8. The number of aryl methyl sites for hydroxylation is 1. The summed E-state index contributed by atoms with van der Waals surface area (Å²) < 4.78 is 12.1. The van der Waals surface area contributed by atoms with Crippen molar-refractivity contribution in [2.24, 2.45) is 0 Å². The maximum Gasteiger partial charge on any atom is 0.337 e. The fourth-order valence-corrected chi connectivity index (χ4v) is 5.13. The number of carbonyl (C=O) groups excluding carboxylic acids is 2. The average molecular weight is 579 g/mol. The van der Waals surface area contributed by atoms with E-state index in [1.807, 2.05) is 55.5 Å². The molecule has 1 aliphatic carbocycles. The zero-order chi connectivity index (χ0) is 30.2. The summed E-state index contributed by atoms with van der Waals surface area (Å²) in [7, 11) is 0. The molecule has 0 heterocycles.